The van der Waals surface area contributed by atoms with Gasteiger partial charge in [-0.15, -0.1) is 0 Å². The first-order valence-electron chi connectivity index (χ1n) is 15.1. The summed E-state index contributed by atoms with van der Waals surface area (Å²) < 4.78 is 0. The fourth-order valence-corrected chi connectivity index (χ4v) is 9.78. The number of carbonyl (C=O) groups is 2. The van der Waals surface area contributed by atoms with E-state index in [2.05, 4.69) is 189 Å². The normalized spacial score (nSPS) is 9.31. The van der Waals surface area contributed by atoms with Crippen molar-refractivity contribution < 1.29 is 44.1 Å². The van der Waals surface area contributed by atoms with Gasteiger partial charge in [-0.1, -0.05) is 109 Å². The summed E-state index contributed by atoms with van der Waals surface area (Å²) in [5.74, 6) is -1.67. The molecule has 0 saturated heterocycles. The van der Waals surface area contributed by atoms with Gasteiger partial charge in [0.2, 0.25) is 0 Å². The van der Waals surface area contributed by atoms with Gasteiger partial charge in [0, 0.05) is 13.8 Å². The molecule has 0 amide bonds. The van der Waals surface area contributed by atoms with Crippen LogP contribution in [0, 0.1) is 0 Å². The zero-order valence-electron chi connectivity index (χ0n) is 27.4. The second kappa shape index (κ2) is 25.4. The van der Waals surface area contributed by atoms with Gasteiger partial charge in [-0.3, -0.25) is 16.4 Å². The Bertz CT molecular complexity index is 1390. The van der Waals surface area contributed by atoms with Gasteiger partial charge in [-0.2, -0.15) is 0 Å². The first-order valence-corrected chi connectivity index (χ1v) is 18.1. The van der Waals surface area contributed by atoms with E-state index in [9.17, 15) is 0 Å². The molecular weight excluding hydrogens is 735 g/mol. The van der Waals surface area contributed by atoms with Crippen molar-refractivity contribution >= 4 is 66.4 Å². The average molecular weight is 777 g/mol. The van der Waals surface area contributed by atoms with Crippen molar-refractivity contribution in [3.05, 3.63) is 182 Å². The van der Waals surface area contributed by atoms with Crippen LogP contribution in [0.1, 0.15) is 13.8 Å². The molecular formula is C41H41O5P2Ru+2. The smallest absolute Gasteiger partial charge is 0.545 e. The number of benzene rings is 6. The number of rotatable bonds is 6. The van der Waals surface area contributed by atoms with E-state index < -0.39 is 27.8 Å². The molecule has 8 heteroatoms. The molecule has 49 heavy (non-hydrogen) atoms. The molecule has 6 rings (SSSR count). The van der Waals surface area contributed by atoms with Crippen molar-refractivity contribution in [2.24, 2.45) is 0 Å². The average Bonchev–Trinajstić information content (AvgIpc) is 3.12. The molecule has 0 aliphatic heterocycles. The Kier molecular flexibility index (Phi) is 22.0. The monoisotopic (exact) mass is 777 g/mol. The quantitative estimate of drug-likeness (QED) is 0.0903. The van der Waals surface area contributed by atoms with Crippen LogP contribution in [0.25, 0.3) is 0 Å². The molecule has 0 fully saturated rings. The SMILES string of the molecule is CC(=O)O.CC(=O)O.[CH-]=O.[Ru+].c1ccc([PH+](c2ccccc2)c2ccccc2)cc1.c1ccc([PH+](c2ccccc2)c2ccccc2)cc1. The summed E-state index contributed by atoms with van der Waals surface area (Å²) >= 11 is 0. The van der Waals surface area contributed by atoms with Crippen molar-refractivity contribution in [2.75, 3.05) is 0 Å². The van der Waals surface area contributed by atoms with Crippen molar-refractivity contribution in [1.29, 1.82) is 0 Å². The summed E-state index contributed by atoms with van der Waals surface area (Å²) in [6.07, 6.45) is 0. The zero-order valence-corrected chi connectivity index (χ0v) is 31.1. The molecule has 1 radical (unpaired) electrons. The van der Waals surface area contributed by atoms with Gasteiger partial charge in [-0.05, 0) is 72.8 Å². The summed E-state index contributed by atoms with van der Waals surface area (Å²) in [7, 11) is -1.75. The fraction of sp³-hybridized carbons (Fsp3) is 0.0488. The van der Waals surface area contributed by atoms with E-state index in [1.54, 1.807) is 0 Å². The number of hydrogen-bond donors (Lipinski definition) is 2. The summed E-state index contributed by atoms with van der Waals surface area (Å²) in [6.45, 7) is 5.42. The molecule has 0 aliphatic carbocycles. The molecule has 2 N–H and O–H groups in total. The van der Waals surface area contributed by atoms with Crippen LogP contribution in [0.15, 0.2) is 182 Å². The maximum absolute atomic E-state index is 9.00. The first kappa shape index (κ1) is 42.4. The number of hydrogen-bond acceptors (Lipinski definition) is 3. The van der Waals surface area contributed by atoms with Gasteiger partial charge < -0.3 is 15.0 Å². The van der Waals surface area contributed by atoms with E-state index in [-0.39, 0.29) is 19.5 Å². The van der Waals surface area contributed by atoms with Crippen molar-refractivity contribution in [3.8, 4) is 0 Å². The predicted octanol–water partition coefficient (Wildman–Crippen LogP) is 6.26. The molecule has 5 nitrogen and oxygen atoms in total. The Morgan fingerprint density at radius 2 is 0.469 bits per heavy atom. The van der Waals surface area contributed by atoms with Crippen LogP contribution in [-0.2, 0) is 33.9 Å². The number of carboxylic acid groups (broad SMARTS) is 2. The van der Waals surface area contributed by atoms with Crippen LogP contribution >= 0.6 is 15.8 Å². The number of carboxylic acids is 2. The van der Waals surface area contributed by atoms with Gasteiger partial charge in [0.15, 0.2) is 0 Å². The fourth-order valence-electron chi connectivity index (χ4n) is 4.63. The van der Waals surface area contributed by atoms with Crippen molar-refractivity contribution in [1.82, 2.24) is 0 Å². The van der Waals surface area contributed by atoms with Gasteiger partial charge >= 0.3 is 19.5 Å². The van der Waals surface area contributed by atoms with E-state index in [1.807, 2.05) is 0 Å². The third kappa shape index (κ3) is 16.4. The van der Waals surface area contributed by atoms with Gasteiger partial charge in [-0.25, -0.2) is 0 Å². The first-order chi connectivity index (χ1) is 23.4. The van der Waals surface area contributed by atoms with Gasteiger partial charge in [0.05, 0.1) is 15.8 Å². The van der Waals surface area contributed by atoms with Gasteiger partial charge in [0.1, 0.15) is 31.8 Å². The van der Waals surface area contributed by atoms with E-state index in [1.165, 1.54) is 31.8 Å². The van der Waals surface area contributed by atoms with Crippen LogP contribution in [0.3, 0.4) is 0 Å². The third-order valence-corrected chi connectivity index (χ3v) is 11.8. The predicted molar refractivity (Wildman–Crippen MR) is 206 cm³/mol. The maximum Gasteiger partial charge on any atom is 1.00 e. The van der Waals surface area contributed by atoms with E-state index in [0.717, 1.165) is 13.8 Å². The molecule has 0 spiro atoms. The Balaban J connectivity index is 0.000000381. The van der Waals surface area contributed by atoms with Crippen molar-refractivity contribution in [3.63, 3.8) is 0 Å². The molecule has 6 aromatic rings. The number of carbonyl (C=O) groups excluding carboxylic acids is 1. The Morgan fingerprint density at radius 1 is 0.367 bits per heavy atom. The molecule has 6 aromatic carbocycles. The summed E-state index contributed by atoms with van der Waals surface area (Å²) in [6, 6.07) is 65.0. The minimum Gasteiger partial charge on any atom is -0.545 e. The second-order valence-electron chi connectivity index (χ2n) is 9.98. The van der Waals surface area contributed by atoms with Crippen molar-refractivity contribution in [2.45, 2.75) is 13.8 Å². The maximum atomic E-state index is 9.00. The van der Waals surface area contributed by atoms with E-state index >= 15 is 0 Å². The summed E-state index contributed by atoms with van der Waals surface area (Å²) in [5.41, 5.74) is 0. The molecule has 0 saturated carbocycles. The van der Waals surface area contributed by atoms with Crippen LogP contribution in [0.2, 0.25) is 0 Å². The van der Waals surface area contributed by atoms with E-state index in [4.69, 9.17) is 24.6 Å². The third-order valence-electron chi connectivity index (χ3n) is 6.37. The van der Waals surface area contributed by atoms with Crippen LogP contribution in [0.5, 0.6) is 0 Å². The molecule has 0 bridgehead atoms. The molecule has 251 valence electrons. The summed E-state index contributed by atoms with van der Waals surface area (Å²) in [5, 5.41) is 23.4. The minimum absolute atomic E-state index is 0. The molecule has 0 unspecified atom stereocenters. The standard InChI is InChI=1S/2C18H15P.2C2H4O2.CHO.Ru/c2*1-4-10-16(11-5-1)19(17-12-6-2-7-13-17)18-14-8-3-9-15-18;2*1-2(3)4;1-2;/h2*1-15H;2*1H3,(H,3,4);1H;/q;;;;-1;+1/p+2. The van der Waals surface area contributed by atoms with Crippen LogP contribution in [0.4, 0.5) is 0 Å². The Labute approximate surface area is 305 Å². The topological polar surface area (TPSA) is 91.7 Å². The Morgan fingerprint density at radius 3 is 0.571 bits per heavy atom. The zero-order chi connectivity index (χ0) is 35.0. The largest absolute Gasteiger partial charge is 1.00 e. The molecule has 0 atom stereocenters. The van der Waals surface area contributed by atoms with Crippen LogP contribution in [-0.4, -0.2) is 28.9 Å². The Hall–Kier alpha value is -4.59. The number of aliphatic carboxylic acids is 2. The second-order valence-corrected chi connectivity index (χ2v) is 14.9. The van der Waals surface area contributed by atoms with Crippen LogP contribution < -0.4 is 31.8 Å². The van der Waals surface area contributed by atoms with E-state index in [0.29, 0.717) is 0 Å². The molecule has 0 heterocycles. The summed E-state index contributed by atoms with van der Waals surface area (Å²) in [4.78, 5) is 25.8. The molecule has 0 aromatic heterocycles. The molecule has 0 aliphatic rings. The van der Waals surface area contributed by atoms with Gasteiger partial charge in [0.25, 0.3) is 11.9 Å². The minimum atomic E-state index is -0.877.